The van der Waals surface area contributed by atoms with E-state index in [4.69, 9.17) is 9.84 Å². The number of rotatable bonds is 11. The third kappa shape index (κ3) is 10.1. The molecule has 0 spiro atoms. The van der Waals surface area contributed by atoms with Crippen molar-refractivity contribution in [3.05, 3.63) is 35.9 Å². The van der Waals surface area contributed by atoms with Crippen LogP contribution in [0.2, 0.25) is 0 Å². The fourth-order valence-electron chi connectivity index (χ4n) is 4.17. The summed E-state index contributed by atoms with van der Waals surface area (Å²) in [5.74, 6) is -0.460. The van der Waals surface area contributed by atoms with Gasteiger partial charge in [-0.15, -0.1) is 0 Å². The van der Waals surface area contributed by atoms with Crippen LogP contribution in [0.3, 0.4) is 0 Å². The third-order valence-corrected chi connectivity index (χ3v) is 9.81. The average Bonchev–Trinajstić information content (AvgIpc) is 2.81. The minimum absolute atomic E-state index is 0.0663. The number of thioether (sulfide) groups is 1. The number of carbonyl (C=O) groups excluding carboxylic acids is 2. The summed E-state index contributed by atoms with van der Waals surface area (Å²) in [6.07, 6.45) is 1.54. The molecule has 10 nitrogen and oxygen atoms in total. The fraction of sp³-hybridized carbons (Fsp3) is 0.640. The van der Waals surface area contributed by atoms with E-state index >= 15 is 0 Å². The molecule has 1 aromatic rings. The molecule has 12 heteroatoms. The van der Waals surface area contributed by atoms with E-state index in [0.29, 0.717) is 25.0 Å². The standard InChI is InChI=1S/C25H39N3O7S2/c1-25(2,3)37(33,34)16-18-14-19(26-23(30)31)10-11-20(18)27-22(29)21(12-13-36-4)28-24(32)35-15-17-8-6-5-7-9-17/h5-9,18-21,26H,10-16H2,1-4H3,(H,27,29)(H,28,32)(H,30,31)/t18-,19?,20-,21?/m0/s1. The lowest BCUT2D eigenvalue weighted by Gasteiger charge is -2.38. The monoisotopic (exact) mass is 557 g/mol. The first-order valence-electron chi connectivity index (χ1n) is 12.3. The molecule has 0 saturated heterocycles. The van der Waals surface area contributed by atoms with Crippen molar-refractivity contribution in [2.24, 2.45) is 5.92 Å². The molecule has 1 fully saturated rings. The molecule has 2 unspecified atom stereocenters. The van der Waals surface area contributed by atoms with Gasteiger partial charge in [0.25, 0.3) is 0 Å². The van der Waals surface area contributed by atoms with Crippen LogP contribution in [0.1, 0.15) is 52.0 Å². The van der Waals surface area contributed by atoms with Crippen LogP contribution in [0, 0.1) is 5.92 Å². The Bertz CT molecular complexity index is 1010. The summed E-state index contributed by atoms with van der Waals surface area (Å²) in [4.78, 5) is 36.8. The smallest absolute Gasteiger partial charge is 0.408 e. The molecule has 0 aromatic heterocycles. The van der Waals surface area contributed by atoms with Crippen molar-refractivity contribution in [1.29, 1.82) is 0 Å². The van der Waals surface area contributed by atoms with Crippen LogP contribution in [-0.4, -0.2) is 72.3 Å². The highest BCUT2D eigenvalue weighted by Gasteiger charge is 2.39. The lowest BCUT2D eigenvalue weighted by molar-refractivity contribution is -0.124. The molecule has 4 atom stereocenters. The van der Waals surface area contributed by atoms with Gasteiger partial charge in [-0.3, -0.25) is 4.79 Å². The van der Waals surface area contributed by atoms with Gasteiger partial charge in [-0.1, -0.05) is 30.3 Å². The predicted octanol–water partition coefficient (Wildman–Crippen LogP) is 3.17. The number of carbonyl (C=O) groups is 3. The number of sulfone groups is 1. The van der Waals surface area contributed by atoms with Gasteiger partial charge in [0, 0.05) is 12.1 Å². The van der Waals surface area contributed by atoms with Crippen LogP contribution >= 0.6 is 11.8 Å². The Kier molecular flexibility index (Phi) is 11.5. The lowest BCUT2D eigenvalue weighted by atomic mass is 9.82. The highest BCUT2D eigenvalue weighted by molar-refractivity contribution is 7.98. The minimum Gasteiger partial charge on any atom is -0.465 e. The highest BCUT2D eigenvalue weighted by atomic mass is 32.2. The zero-order chi connectivity index (χ0) is 27.6. The molecule has 0 heterocycles. The molecule has 1 aliphatic rings. The summed E-state index contributed by atoms with van der Waals surface area (Å²) in [6, 6.07) is 7.45. The van der Waals surface area contributed by atoms with E-state index in [9.17, 15) is 22.8 Å². The Labute approximate surface area is 223 Å². The summed E-state index contributed by atoms with van der Waals surface area (Å²) in [5, 5.41) is 17.2. The molecule has 208 valence electrons. The van der Waals surface area contributed by atoms with E-state index in [0.717, 1.165) is 5.56 Å². The SMILES string of the molecule is CSCCC(NC(=O)OCc1ccccc1)C(=O)N[C@H]1CCC(NC(=O)O)C[C@H]1CS(=O)(=O)C(C)(C)C. The lowest BCUT2D eigenvalue weighted by Crippen LogP contribution is -2.55. The average molecular weight is 558 g/mol. The summed E-state index contributed by atoms with van der Waals surface area (Å²) >= 11 is 1.53. The van der Waals surface area contributed by atoms with E-state index in [-0.39, 0.29) is 18.8 Å². The maximum Gasteiger partial charge on any atom is 0.408 e. The zero-order valence-electron chi connectivity index (χ0n) is 21.9. The first kappa shape index (κ1) is 30.8. The number of benzene rings is 1. The number of nitrogens with one attached hydrogen (secondary N) is 3. The number of hydrogen-bond donors (Lipinski definition) is 4. The molecule has 3 amide bonds. The highest BCUT2D eigenvalue weighted by Crippen LogP contribution is 2.30. The minimum atomic E-state index is -3.52. The Morgan fingerprint density at radius 1 is 1.14 bits per heavy atom. The van der Waals surface area contributed by atoms with Gasteiger partial charge >= 0.3 is 12.2 Å². The first-order chi connectivity index (χ1) is 17.3. The predicted molar refractivity (Wildman–Crippen MR) is 144 cm³/mol. The summed E-state index contributed by atoms with van der Waals surface area (Å²) < 4.78 is 30.2. The maximum absolute atomic E-state index is 13.2. The number of carboxylic acid groups (broad SMARTS) is 1. The Morgan fingerprint density at radius 3 is 2.41 bits per heavy atom. The number of alkyl carbamates (subject to hydrolysis) is 1. The number of hydrogen-bond acceptors (Lipinski definition) is 7. The van der Waals surface area contributed by atoms with Gasteiger partial charge in [-0.05, 0) is 69.9 Å². The van der Waals surface area contributed by atoms with Crippen LogP contribution in [0.25, 0.3) is 0 Å². The molecule has 4 N–H and O–H groups in total. The van der Waals surface area contributed by atoms with Crippen LogP contribution in [-0.2, 0) is 26.0 Å². The molecule has 1 saturated carbocycles. The van der Waals surface area contributed by atoms with E-state index in [1.165, 1.54) is 11.8 Å². The Hall–Kier alpha value is -2.47. The van der Waals surface area contributed by atoms with E-state index in [1.807, 2.05) is 36.6 Å². The first-order valence-corrected chi connectivity index (χ1v) is 15.3. The topological polar surface area (TPSA) is 151 Å². The molecule has 1 aliphatic carbocycles. The van der Waals surface area contributed by atoms with Crippen molar-refractivity contribution in [2.45, 2.75) is 75.9 Å². The Balaban J connectivity index is 2.10. The van der Waals surface area contributed by atoms with Crippen molar-refractivity contribution in [1.82, 2.24) is 16.0 Å². The van der Waals surface area contributed by atoms with Crippen molar-refractivity contribution in [2.75, 3.05) is 17.8 Å². The normalized spacial score (nSPS) is 20.9. The van der Waals surface area contributed by atoms with Gasteiger partial charge in [-0.2, -0.15) is 11.8 Å². The van der Waals surface area contributed by atoms with E-state index in [1.54, 1.807) is 20.8 Å². The van der Waals surface area contributed by atoms with Gasteiger partial charge in [0.1, 0.15) is 12.6 Å². The van der Waals surface area contributed by atoms with E-state index in [2.05, 4.69) is 16.0 Å². The van der Waals surface area contributed by atoms with E-state index < -0.39 is 56.7 Å². The molecule has 0 bridgehead atoms. The second-order valence-electron chi connectivity index (χ2n) is 10.3. The van der Waals surface area contributed by atoms with Crippen LogP contribution in [0.5, 0.6) is 0 Å². The van der Waals surface area contributed by atoms with Crippen LogP contribution < -0.4 is 16.0 Å². The summed E-state index contributed by atoms with van der Waals surface area (Å²) in [5.41, 5.74) is 0.817. The number of amides is 3. The molecular weight excluding hydrogens is 518 g/mol. The van der Waals surface area contributed by atoms with Gasteiger partial charge in [0.05, 0.1) is 10.5 Å². The molecule has 1 aromatic carbocycles. The molecule has 0 radical (unpaired) electrons. The van der Waals surface area contributed by atoms with Crippen molar-refractivity contribution in [3.8, 4) is 0 Å². The largest absolute Gasteiger partial charge is 0.465 e. The van der Waals surface area contributed by atoms with Crippen LogP contribution in [0.15, 0.2) is 30.3 Å². The summed E-state index contributed by atoms with van der Waals surface area (Å²) in [7, 11) is -3.52. The van der Waals surface area contributed by atoms with Crippen molar-refractivity contribution >= 4 is 39.7 Å². The Morgan fingerprint density at radius 2 is 1.81 bits per heavy atom. The molecular formula is C25H39N3O7S2. The maximum atomic E-state index is 13.2. The van der Waals surface area contributed by atoms with Crippen LogP contribution in [0.4, 0.5) is 9.59 Å². The third-order valence-electron chi connectivity index (χ3n) is 6.44. The molecule has 37 heavy (non-hydrogen) atoms. The quantitative estimate of drug-likeness (QED) is 0.324. The second kappa shape index (κ2) is 13.9. The summed E-state index contributed by atoms with van der Waals surface area (Å²) in [6.45, 7) is 4.93. The second-order valence-corrected chi connectivity index (χ2v) is 14.0. The zero-order valence-corrected chi connectivity index (χ0v) is 23.5. The van der Waals surface area contributed by atoms with Gasteiger partial charge in [-0.25, -0.2) is 18.0 Å². The van der Waals surface area contributed by atoms with Crippen molar-refractivity contribution < 1.29 is 32.6 Å². The molecule has 2 rings (SSSR count). The van der Waals surface area contributed by atoms with Gasteiger partial charge < -0.3 is 25.8 Å². The number of ether oxygens (including phenoxy) is 1. The fourth-order valence-corrected chi connectivity index (χ4v) is 6.07. The van der Waals surface area contributed by atoms with Gasteiger partial charge in [0.15, 0.2) is 9.84 Å². The van der Waals surface area contributed by atoms with Crippen molar-refractivity contribution in [3.63, 3.8) is 0 Å². The molecule has 0 aliphatic heterocycles. The van der Waals surface area contributed by atoms with Gasteiger partial charge in [0.2, 0.25) is 5.91 Å².